The Balaban J connectivity index is 1.90. The molecular formula is C26H40BN. The van der Waals surface area contributed by atoms with E-state index in [0.29, 0.717) is 5.94 Å². The second-order valence-corrected chi connectivity index (χ2v) is 8.58. The van der Waals surface area contributed by atoms with Gasteiger partial charge in [-0.2, -0.15) is 0 Å². The molecule has 0 fully saturated rings. The van der Waals surface area contributed by atoms with Crippen molar-refractivity contribution in [1.29, 1.82) is 0 Å². The molecule has 1 aromatic rings. The summed E-state index contributed by atoms with van der Waals surface area (Å²) in [6.45, 7) is 19.6. The first-order valence-corrected chi connectivity index (χ1v) is 11.4. The topological polar surface area (TPSA) is 12.0 Å². The zero-order valence-electron chi connectivity index (χ0n) is 18.6. The third-order valence-electron chi connectivity index (χ3n) is 6.44. The molecule has 1 atom stereocenters. The van der Waals surface area contributed by atoms with Crippen molar-refractivity contribution in [3.63, 3.8) is 0 Å². The fraction of sp³-hybridized carbons (Fsp3) is 0.538. The van der Waals surface area contributed by atoms with Crippen molar-refractivity contribution in [1.82, 2.24) is 5.32 Å². The molecule has 1 N–H and O–H groups in total. The van der Waals surface area contributed by atoms with E-state index < -0.39 is 0 Å². The monoisotopic (exact) mass is 377 g/mol. The van der Waals surface area contributed by atoms with Crippen molar-refractivity contribution in [2.45, 2.75) is 84.4 Å². The van der Waals surface area contributed by atoms with Gasteiger partial charge in [-0.05, 0) is 73.0 Å². The van der Waals surface area contributed by atoms with Gasteiger partial charge in [-0.3, -0.25) is 0 Å². The lowest BCUT2D eigenvalue weighted by molar-refractivity contribution is 0.481. The van der Waals surface area contributed by atoms with Crippen LogP contribution in [0, 0.1) is 5.92 Å². The Hall–Kier alpha value is -1.70. The third kappa shape index (κ3) is 6.43. The molecule has 1 nitrogen and oxygen atoms in total. The van der Waals surface area contributed by atoms with Gasteiger partial charge in [0.25, 0.3) is 0 Å². The van der Waals surface area contributed by atoms with E-state index >= 15 is 0 Å². The van der Waals surface area contributed by atoms with Crippen LogP contribution >= 0.6 is 0 Å². The summed E-state index contributed by atoms with van der Waals surface area (Å²) in [7, 11) is 1.18. The molecule has 0 amide bonds. The Morgan fingerprint density at radius 1 is 1.14 bits per heavy atom. The average Bonchev–Trinajstić information content (AvgIpc) is 2.71. The maximum Gasteiger partial charge on any atom is 0.153 e. The van der Waals surface area contributed by atoms with Crippen molar-refractivity contribution < 1.29 is 0 Å². The zero-order valence-corrected chi connectivity index (χ0v) is 18.6. The van der Waals surface area contributed by atoms with E-state index in [0.717, 1.165) is 43.6 Å². The SMILES string of the molecule is C=C(CCCC(=C)c1cccc2c1CBC(NC(=C)CC)C2)CC(CC)CC. The van der Waals surface area contributed by atoms with Crippen LogP contribution in [0.5, 0.6) is 0 Å². The highest BCUT2D eigenvalue weighted by atomic mass is 14.9. The highest BCUT2D eigenvalue weighted by Crippen LogP contribution is 2.30. The van der Waals surface area contributed by atoms with Crippen LogP contribution in [0.4, 0.5) is 0 Å². The summed E-state index contributed by atoms with van der Waals surface area (Å²) in [5, 5.41) is 3.60. The lowest BCUT2D eigenvalue weighted by atomic mass is 9.57. The van der Waals surface area contributed by atoms with Gasteiger partial charge < -0.3 is 5.32 Å². The average molecular weight is 377 g/mol. The summed E-state index contributed by atoms with van der Waals surface area (Å²) >= 11 is 0. The number of hydrogen-bond acceptors (Lipinski definition) is 1. The van der Waals surface area contributed by atoms with Gasteiger partial charge in [0.2, 0.25) is 0 Å². The number of nitrogens with one attached hydrogen (secondary N) is 1. The second-order valence-electron chi connectivity index (χ2n) is 8.58. The molecule has 0 aliphatic carbocycles. The van der Waals surface area contributed by atoms with Crippen LogP contribution < -0.4 is 5.32 Å². The molecule has 28 heavy (non-hydrogen) atoms. The largest absolute Gasteiger partial charge is 0.393 e. The van der Waals surface area contributed by atoms with E-state index in [9.17, 15) is 0 Å². The molecule has 152 valence electrons. The minimum Gasteiger partial charge on any atom is -0.393 e. The van der Waals surface area contributed by atoms with E-state index in [-0.39, 0.29) is 0 Å². The molecule has 2 heteroatoms. The van der Waals surface area contributed by atoms with Crippen molar-refractivity contribution in [2.75, 3.05) is 0 Å². The van der Waals surface area contributed by atoms with E-state index in [1.165, 1.54) is 60.8 Å². The second kappa shape index (κ2) is 11.3. The third-order valence-corrected chi connectivity index (χ3v) is 6.44. The molecule has 0 spiro atoms. The molecule has 0 saturated carbocycles. The zero-order chi connectivity index (χ0) is 20.5. The highest BCUT2D eigenvalue weighted by molar-refractivity contribution is 6.38. The Morgan fingerprint density at radius 2 is 1.89 bits per heavy atom. The Morgan fingerprint density at radius 3 is 2.57 bits per heavy atom. The smallest absolute Gasteiger partial charge is 0.153 e. The van der Waals surface area contributed by atoms with Gasteiger partial charge in [0.05, 0.1) is 0 Å². The maximum atomic E-state index is 4.44. The molecule has 1 aliphatic rings. The maximum absolute atomic E-state index is 4.44. The highest BCUT2D eigenvalue weighted by Gasteiger charge is 2.22. The predicted molar refractivity (Wildman–Crippen MR) is 128 cm³/mol. The van der Waals surface area contributed by atoms with Crippen LogP contribution in [0.15, 0.2) is 49.2 Å². The Kier molecular flexibility index (Phi) is 9.15. The molecule has 0 aromatic heterocycles. The van der Waals surface area contributed by atoms with Crippen LogP contribution in [0.3, 0.4) is 0 Å². The van der Waals surface area contributed by atoms with Gasteiger partial charge in [-0.25, -0.2) is 0 Å². The number of rotatable bonds is 12. The van der Waals surface area contributed by atoms with Crippen molar-refractivity contribution >= 4 is 12.9 Å². The molecular weight excluding hydrogens is 337 g/mol. The van der Waals surface area contributed by atoms with Crippen LogP contribution in [0.1, 0.15) is 82.4 Å². The van der Waals surface area contributed by atoms with Crippen LogP contribution in [-0.4, -0.2) is 13.2 Å². The number of benzene rings is 1. The van der Waals surface area contributed by atoms with Crippen molar-refractivity contribution in [3.8, 4) is 0 Å². The fourth-order valence-electron chi connectivity index (χ4n) is 4.43. The van der Waals surface area contributed by atoms with Crippen LogP contribution in [-0.2, 0) is 12.7 Å². The lowest BCUT2D eigenvalue weighted by Crippen LogP contribution is -2.40. The number of hydrogen-bond donors (Lipinski definition) is 1. The van der Waals surface area contributed by atoms with Gasteiger partial charge in [-0.1, -0.05) is 77.1 Å². The summed E-state index contributed by atoms with van der Waals surface area (Å²) in [5.41, 5.74) is 8.30. The molecule has 1 aromatic carbocycles. The summed E-state index contributed by atoms with van der Waals surface area (Å²) in [6, 6.07) is 6.79. The molecule has 0 radical (unpaired) electrons. The first-order chi connectivity index (χ1) is 13.5. The van der Waals surface area contributed by atoms with Gasteiger partial charge in [0.1, 0.15) is 0 Å². The normalized spacial score (nSPS) is 15.6. The summed E-state index contributed by atoms with van der Waals surface area (Å²) in [6.07, 6.45) is 10.3. The first kappa shape index (κ1) is 22.6. The number of fused-ring (bicyclic) bond motifs is 1. The van der Waals surface area contributed by atoms with Gasteiger partial charge in [0.15, 0.2) is 7.28 Å². The van der Waals surface area contributed by atoms with E-state index in [4.69, 9.17) is 0 Å². The van der Waals surface area contributed by atoms with Gasteiger partial charge in [-0.15, -0.1) is 0 Å². The minimum absolute atomic E-state index is 0.525. The van der Waals surface area contributed by atoms with Gasteiger partial charge >= 0.3 is 0 Å². The predicted octanol–water partition coefficient (Wildman–Crippen LogP) is 6.58. The lowest BCUT2D eigenvalue weighted by Gasteiger charge is -2.28. The van der Waals surface area contributed by atoms with Gasteiger partial charge in [0, 0.05) is 11.6 Å². The van der Waals surface area contributed by atoms with Crippen LogP contribution in [0.25, 0.3) is 5.57 Å². The molecule has 1 unspecified atom stereocenters. The summed E-state index contributed by atoms with van der Waals surface area (Å²) in [5.74, 6) is 1.33. The quantitative estimate of drug-likeness (QED) is 0.320. The van der Waals surface area contributed by atoms with Crippen molar-refractivity contribution in [2.24, 2.45) is 5.92 Å². The Labute approximate surface area is 174 Å². The minimum atomic E-state index is 0.525. The van der Waals surface area contributed by atoms with E-state index in [1.807, 2.05) is 0 Å². The standard InChI is InChI=1S/C26H40BN/c1-7-21(6)28-26-17-23-14-11-15-24(25(23)18-27-26)20(5)13-10-12-19(4)16-22(8-2)9-3/h11,14-15,22,26-28H,4-10,12-13,16-18H2,1-3H3. The molecule has 1 heterocycles. The summed E-state index contributed by atoms with van der Waals surface area (Å²) < 4.78 is 0. The molecule has 0 bridgehead atoms. The van der Waals surface area contributed by atoms with E-state index in [2.05, 4.69) is 64.0 Å². The summed E-state index contributed by atoms with van der Waals surface area (Å²) in [4.78, 5) is 0. The number of allylic oxidation sites excluding steroid dienone is 3. The first-order valence-electron chi connectivity index (χ1n) is 11.4. The molecule has 0 saturated heterocycles. The molecule has 2 rings (SSSR count). The van der Waals surface area contributed by atoms with E-state index in [1.54, 1.807) is 0 Å². The fourth-order valence-corrected chi connectivity index (χ4v) is 4.43. The van der Waals surface area contributed by atoms with Crippen LogP contribution in [0.2, 0.25) is 0 Å². The van der Waals surface area contributed by atoms with Crippen molar-refractivity contribution in [3.05, 3.63) is 65.9 Å². The Bertz CT molecular complexity index is 684. The molecule has 1 aliphatic heterocycles.